The standard InChI is InChI=1S/C24H31N3O2/c1-16-20-10-6-5-9-18(20)11-12-21(16)24(29)26-19-13-22(23(25)28)27(15-19)14-17-7-3-2-4-8-17/h5-6,9-12,17,19,22H,2-4,7-8,13-15H2,1H3,(H2,25,28)(H,26,29)/t19-,22-/m0/s1. The molecule has 154 valence electrons. The Balaban J connectivity index is 1.45. The number of carbonyl (C=O) groups is 2. The Morgan fingerprint density at radius 1 is 1.10 bits per heavy atom. The summed E-state index contributed by atoms with van der Waals surface area (Å²) in [7, 11) is 0. The van der Waals surface area contributed by atoms with Gasteiger partial charge in [0, 0.05) is 24.7 Å². The first kappa shape index (κ1) is 19.9. The van der Waals surface area contributed by atoms with Gasteiger partial charge in [-0.15, -0.1) is 0 Å². The molecule has 1 saturated heterocycles. The summed E-state index contributed by atoms with van der Waals surface area (Å²) in [5.41, 5.74) is 7.38. The smallest absolute Gasteiger partial charge is 0.251 e. The van der Waals surface area contributed by atoms with Crippen molar-refractivity contribution < 1.29 is 9.59 Å². The summed E-state index contributed by atoms with van der Waals surface area (Å²) < 4.78 is 0. The van der Waals surface area contributed by atoms with Gasteiger partial charge in [-0.2, -0.15) is 0 Å². The van der Waals surface area contributed by atoms with Crippen LogP contribution in [0.25, 0.3) is 10.8 Å². The molecule has 1 aliphatic heterocycles. The van der Waals surface area contributed by atoms with Crippen LogP contribution in [-0.4, -0.2) is 41.9 Å². The van der Waals surface area contributed by atoms with Crippen LogP contribution in [0, 0.1) is 12.8 Å². The molecule has 2 fully saturated rings. The predicted octanol–water partition coefficient (Wildman–Crippen LogP) is 3.39. The molecule has 4 rings (SSSR count). The highest BCUT2D eigenvalue weighted by Crippen LogP contribution is 2.28. The van der Waals surface area contributed by atoms with Gasteiger partial charge in [0.15, 0.2) is 0 Å². The summed E-state index contributed by atoms with van der Waals surface area (Å²) in [5.74, 6) is 0.295. The maximum Gasteiger partial charge on any atom is 0.251 e. The van der Waals surface area contributed by atoms with Crippen molar-refractivity contribution in [1.29, 1.82) is 0 Å². The number of fused-ring (bicyclic) bond motifs is 1. The summed E-state index contributed by atoms with van der Waals surface area (Å²) in [6, 6.07) is 11.7. The van der Waals surface area contributed by atoms with Crippen LogP contribution < -0.4 is 11.1 Å². The lowest BCUT2D eigenvalue weighted by molar-refractivity contribution is -0.122. The van der Waals surface area contributed by atoms with Gasteiger partial charge in [-0.05, 0) is 54.5 Å². The van der Waals surface area contributed by atoms with Gasteiger partial charge in [0.05, 0.1) is 6.04 Å². The van der Waals surface area contributed by atoms with Crippen molar-refractivity contribution in [2.24, 2.45) is 11.7 Å². The number of likely N-dealkylation sites (tertiary alicyclic amines) is 1. The van der Waals surface area contributed by atoms with E-state index in [9.17, 15) is 9.59 Å². The third-order valence-electron chi connectivity index (χ3n) is 6.73. The van der Waals surface area contributed by atoms with Crippen LogP contribution in [0.5, 0.6) is 0 Å². The number of hydrogen-bond acceptors (Lipinski definition) is 3. The van der Waals surface area contributed by atoms with Crippen molar-refractivity contribution in [3.05, 3.63) is 47.5 Å². The fraction of sp³-hybridized carbons (Fsp3) is 0.500. The molecule has 0 aromatic heterocycles. The number of nitrogens with zero attached hydrogens (tertiary/aromatic N) is 1. The first-order valence-corrected chi connectivity index (χ1v) is 10.9. The third kappa shape index (κ3) is 4.30. The minimum Gasteiger partial charge on any atom is -0.368 e. The molecule has 2 atom stereocenters. The van der Waals surface area contributed by atoms with E-state index in [1.165, 1.54) is 32.1 Å². The summed E-state index contributed by atoms with van der Waals surface area (Å²) in [4.78, 5) is 27.2. The van der Waals surface area contributed by atoms with Gasteiger partial charge in [0.1, 0.15) is 0 Å². The molecule has 0 spiro atoms. The molecule has 3 N–H and O–H groups in total. The largest absolute Gasteiger partial charge is 0.368 e. The molecule has 5 heteroatoms. The topological polar surface area (TPSA) is 75.4 Å². The zero-order valence-electron chi connectivity index (χ0n) is 17.2. The van der Waals surface area contributed by atoms with Crippen LogP contribution in [0.2, 0.25) is 0 Å². The second-order valence-corrected chi connectivity index (χ2v) is 8.74. The van der Waals surface area contributed by atoms with Crippen LogP contribution in [0.1, 0.15) is 54.4 Å². The number of nitrogens with two attached hydrogens (primary N) is 1. The van der Waals surface area contributed by atoms with E-state index in [0.717, 1.165) is 22.9 Å². The second-order valence-electron chi connectivity index (χ2n) is 8.74. The SMILES string of the molecule is Cc1c(C(=O)N[C@H]2C[C@@H](C(N)=O)N(CC3CCCCC3)C2)ccc2ccccc12. The Morgan fingerprint density at radius 3 is 2.62 bits per heavy atom. The average molecular weight is 394 g/mol. The van der Waals surface area contributed by atoms with E-state index >= 15 is 0 Å². The molecule has 1 heterocycles. The third-order valence-corrected chi connectivity index (χ3v) is 6.73. The van der Waals surface area contributed by atoms with Gasteiger partial charge in [-0.3, -0.25) is 14.5 Å². The van der Waals surface area contributed by atoms with E-state index < -0.39 is 0 Å². The summed E-state index contributed by atoms with van der Waals surface area (Å²) >= 11 is 0. The highest BCUT2D eigenvalue weighted by molar-refractivity contribution is 6.01. The van der Waals surface area contributed by atoms with Crippen molar-refractivity contribution in [2.75, 3.05) is 13.1 Å². The van der Waals surface area contributed by atoms with Gasteiger partial charge in [-0.1, -0.05) is 49.6 Å². The Bertz CT molecular complexity index is 904. The van der Waals surface area contributed by atoms with Crippen LogP contribution in [-0.2, 0) is 4.79 Å². The van der Waals surface area contributed by atoms with Gasteiger partial charge in [0.25, 0.3) is 5.91 Å². The van der Waals surface area contributed by atoms with Crippen LogP contribution >= 0.6 is 0 Å². The number of aryl methyl sites for hydroxylation is 1. The Kier molecular flexibility index (Phi) is 5.86. The highest BCUT2D eigenvalue weighted by Gasteiger charge is 2.37. The lowest BCUT2D eigenvalue weighted by atomic mass is 9.89. The van der Waals surface area contributed by atoms with Crippen molar-refractivity contribution >= 4 is 22.6 Å². The molecular formula is C24H31N3O2. The highest BCUT2D eigenvalue weighted by atomic mass is 16.2. The molecule has 0 radical (unpaired) electrons. The van der Waals surface area contributed by atoms with Crippen molar-refractivity contribution in [1.82, 2.24) is 10.2 Å². The Morgan fingerprint density at radius 2 is 1.86 bits per heavy atom. The number of hydrogen-bond donors (Lipinski definition) is 2. The molecule has 2 aromatic carbocycles. The lowest BCUT2D eigenvalue weighted by Gasteiger charge is -2.29. The molecule has 2 amide bonds. The zero-order chi connectivity index (χ0) is 20.4. The van der Waals surface area contributed by atoms with E-state index in [1.807, 2.05) is 37.3 Å². The molecule has 2 aromatic rings. The van der Waals surface area contributed by atoms with E-state index in [-0.39, 0.29) is 23.9 Å². The quantitative estimate of drug-likeness (QED) is 0.818. The Hall–Kier alpha value is -2.40. The van der Waals surface area contributed by atoms with Gasteiger partial charge < -0.3 is 11.1 Å². The molecule has 1 aliphatic carbocycles. The number of amides is 2. The molecule has 0 unspecified atom stereocenters. The minimum absolute atomic E-state index is 0.0468. The maximum atomic E-state index is 13.0. The molecular weight excluding hydrogens is 362 g/mol. The molecule has 1 saturated carbocycles. The Labute approximate surface area is 172 Å². The summed E-state index contributed by atoms with van der Waals surface area (Å²) in [5, 5.41) is 5.40. The number of nitrogens with one attached hydrogen (secondary N) is 1. The number of primary amides is 1. The fourth-order valence-electron chi connectivity index (χ4n) is 5.14. The molecule has 5 nitrogen and oxygen atoms in total. The fourth-order valence-corrected chi connectivity index (χ4v) is 5.14. The van der Waals surface area contributed by atoms with E-state index in [4.69, 9.17) is 5.73 Å². The van der Waals surface area contributed by atoms with E-state index in [0.29, 0.717) is 24.4 Å². The van der Waals surface area contributed by atoms with Gasteiger partial charge in [-0.25, -0.2) is 0 Å². The van der Waals surface area contributed by atoms with E-state index in [2.05, 4.69) is 16.3 Å². The summed E-state index contributed by atoms with van der Waals surface area (Å²) in [6.07, 6.45) is 6.94. The van der Waals surface area contributed by atoms with Crippen LogP contribution in [0.3, 0.4) is 0 Å². The molecule has 0 bridgehead atoms. The second kappa shape index (κ2) is 8.54. The zero-order valence-corrected chi connectivity index (χ0v) is 17.2. The minimum atomic E-state index is -0.278. The van der Waals surface area contributed by atoms with E-state index in [1.54, 1.807) is 0 Å². The first-order valence-electron chi connectivity index (χ1n) is 10.9. The van der Waals surface area contributed by atoms with Gasteiger partial charge >= 0.3 is 0 Å². The monoisotopic (exact) mass is 393 g/mol. The van der Waals surface area contributed by atoms with Crippen LogP contribution in [0.4, 0.5) is 0 Å². The van der Waals surface area contributed by atoms with Crippen molar-refractivity contribution in [3.8, 4) is 0 Å². The summed E-state index contributed by atoms with van der Waals surface area (Å²) in [6.45, 7) is 3.60. The van der Waals surface area contributed by atoms with Crippen LogP contribution in [0.15, 0.2) is 36.4 Å². The number of benzene rings is 2. The normalized spacial score (nSPS) is 23.3. The lowest BCUT2D eigenvalue weighted by Crippen LogP contribution is -2.43. The van der Waals surface area contributed by atoms with Crippen molar-refractivity contribution in [3.63, 3.8) is 0 Å². The average Bonchev–Trinajstić information content (AvgIpc) is 3.11. The maximum absolute atomic E-state index is 13.0. The number of carbonyl (C=O) groups excluding carboxylic acids is 2. The van der Waals surface area contributed by atoms with Gasteiger partial charge in [0.2, 0.25) is 5.91 Å². The first-order chi connectivity index (χ1) is 14.0. The van der Waals surface area contributed by atoms with Crippen molar-refractivity contribution in [2.45, 2.75) is 57.5 Å². The molecule has 29 heavy (non-hydrogen) atoms. The number of rotatable bonds is 5. The predicted molar refractivity (Wildman–Crippen MR) is 116 cm³/mol. The molecule has 2 aliphatic rings.